The van der Waals surface area contributed by atoms with E-state index in [-0.39, 0.29) is 0 Å². The molecule has 0 saturated carbocycles. The molecule has 6 heterocycles. The molecule has 7 nitrogen and oxygen atoms in total. The highest BCUT2D eigenvalue weighted by atomic mass is 32.1. The number of hydrogen-bond donors (Lipinski definition) is 2. The lowest BCUT2D eigenvalue weighted by Gasteiger charge is -2.00. The fourth-order valence-electron chi connectivity index (χ4n) is 3.53. The summed E-state index contributed by atoms with van der Waals surface area (Å²) < 4.78 is 0. The summed E-state index contributed by atoms with van der Waals surface area (Å²) in [4.78, 5) is 24.2. The van der Waals surface area contributed by atoms with Crippen LogP contribution in [0.5, 0.6) is 0 Å². The average Bonchev–Trinajstić information content (AvgIpc) is 3.51. The van der Waals surface area contributed by atoms with Crippen molar-refractivity contribution < 1.29 is 0 Å². The maximum Gasteiger partial charge on any atom is 0.161 e. The summed E-state index contributed by atoms with van der Waals surface area (Å²) in [6, 6.07) is 13.9. The fraction of sp³-hybridized carbons (Fsp3) is 0.0455. The van der Waals surface area contributed by atoms with Gasteiger partial charge >= 0.3 is 0 Å². The van der Waals surface area contributed by atoms with Gasteiger partial charge in [0.2, 0.25) is 0 Å². The monoisotopic (exact) mass is 409 g/mol. The van der Waals surface area contributed by atoms with E-state index < -0.39 is 0 Å². The van der Waals surface area contributed by atoms with Gasteiger partial charge in [0.15, 0.2) is 11.5 Å². The molecule has 0 unspecified atom stereocenters. The third-order valence-corrected chi connectivity index (χ3v) is 5.99. The van der Waals surface area contributed by atoms with Crippen LogP contribution in [0.15, 0.2) is 61.1 Å². The first-order chi connectivity index (χ1) is 14.8. The molecule has 0 fully saturated rings. The van der Waals surface area contributed by atoms with E-state index in [0.717, 1.165) is 43.9 Å². The van der Waals surface area contributed by atoms with Gasteiger partial charge in [-0.3, -0.25) is 15.1 Å². The average molecular weight is 409 g/mol. The number of aromatic nitrogens is 7. The van der Waals surface area contributed by atoms with E-state index in [0.29, 0.717) is 11.5 Å². The molecule has 0 bridgehead atoms. The number of hydrogen-bond acceptors (Lipinski definition) is 6. The molecule has 2 N–H and O–H groups in total. The quantitative estimate of drug-likeness (QED) is 0.429. The Kier molecular flexibility index (Phi) is 3.72. The Morgan fingerprint density at radius 2 is 1.83 bits per heavy atom. The maximum absolute atomic E-state index is 4.87. The number of rotatable bonds is 3. The lowest BCUT2D eigenvalue weighted by atomic mass is 10.2. The van der Waals surface area contributed by atoms with Crippen LogP contribution in [0.1, 0.15) is 4.88 Å². The minimum atomic E-state index is 0.657. The molecule has 8 heteroatoms. The van der Waals surface area contributed by atoms with Crippen molar-refractivity contribution in [3.05, 3.63) is 65.9 Å². The second-order valence-corrected chi connectivity index (χ2v) is 8.25. The van der Waals surface area contributed by atoms with Crippen LogP contribution >= 0.6 is 11.3 Å². The number of aryl methyl sites for hydroxylation is 1. The zero-order chi connectivity index (χ0) is 20.1. The van der Waals surface area contributed by atoms with Crippen molar-refractivity contribution in [2.45, 2.75) is 6.92 Å². The summed E-state index contributed by atoms with van der Waals surface area (Å²) in [5.74, 6) is 0.657. The number of H-pyrrole nitrogens is 2. The zero-order valence-corrected chi connectivity index (χ0v) is 16.7. The summed E-state index contributed by atoms with van der Waals surface area (Å²) in [6.07, 6.45) is 5.41. The third kappa shape index (κ3) is 2.69. The van der Waals surface area contributed by atoms with Crippen LogP contribution in [-0.2, 0) is 0 Å². The summed E-state index contributed by atoms with van der Waals surface area (Å²) in [5, 5.41) is 7.54. The highest BCUT2D eigenvalue weighted by molar-refractivity contribution is 7.15. The van der Waals surface area contributed by atoms with Crippen molar-refractivity contribution in [2.24, 2.45) is 0 Å². The van der Waals surface area contributed by atoms with E-state index in [9.17, 15) is 0 Å². The van der Waals surface area contributed by atoms with Crippen molar-refractivity contribution in [1.82, 2.24) is 35.1 Å². The molecular weight excluding hydrogens is 394 g/mol. The Labute approximate surface area is 174 Å². The normalized spacial score (nSPS) is 11.5. The minimum Gasteiger partial charge on any atom is -0.335 e. The number of imidazole rings is 1. The van der Waals surface area contributed by atoms with Gasteiger partial charge in [-0.2, -0.15) is 5.10 Å². The maximum atomic E-state index is 4.87. The van der Waals surface area contributed by atoms with E-state index >= 15 is 0 Å². The first-order valence-electron chi connectivity index (χ1n) is 9.44. The topological polar surface area (TPSA) is 96.0 Å². The fourth-order valence-corrected chi connectivity index (χ4v) is 4.40. The molecule has 0 radical (unpaired) electrons. The van der Waals surface area contributed by atoms with Crippen molar-refractivity contribution in [3.63, 3.8) is 0 Å². The van der Waals surface area contributed by atoms with Crippen LogP contribution in [0, 0.1) is 6.92 Å². The Balaban J connectivity index is 1.52. The van der Waals surface area contributed by atoms with E-state index in [1.807, 2.05) is 36.5 Å². The number of nitrogens with zero attached hydrogens (tertiary/aromatic N) is 5. The predicted octanol–water partition coefficient (Wildman–Crippen LogP) is 5.00. The Morgan fingerprint density at radius 3 is 2.67 bits per heavy atom. The molecule has 0 aromatic carbocycles. The smallest absolute Gasteiger partial charge is 0.161 e. The number of thiophene rings is 1. The van der Waals surface area contributed by atoms with E-state index in [2.05, 4.69) is 44.2 Å². The summed E-state index contributed by atoms with van der Waals surface area (Å²) in [5.41, 5.74) is 6.62. The molecule has 6 rings (SSSR count). The van der Waals surface area contributed by atoms with E-state index in [1.54, 1.807) is 23.7 Å². The highest BCUT2D eigenvalue weighted by Gasteiger charge is 2.17. The van der Waals surface area contributed by atoms with Gasteiger partial charge < -0.3 is 4.98 Å². The van der Waals surface area contributed by atoms with Crippen LogP contribution in [0.4, 0.5) is 0 Å². The van der Waals surface area contributed by atoms with Crippen LogP contribution in [-0.4, -0.2) is 35.1 Å². The Morgan fingerprint density at radius 1 is 0.867 bits per heavy atom. The molecular formula is C22H15N7S. The molecule has 30 heavy (non-hydrogen) atoms. The van der Waals surface area contributed by atoms with Gasteiger partial charge in [0.25, 0.3) is 0 Å². The zero-order valence-electron chi connectivity index (χ0n) is 15.9. The van der Waals surface area contributed by atoms with Crippen LogP contribution in [0.25, 0.3) is 55.4 Å². The molecule has 0 spiro atoms. The number of fused-ring (bicyclic) bond motifs is 2. The summed E-state index contributed by atoms with van der Waals surface area (Å²) in [6.45, 7) is 2.10. The van der Waals surface area contributed by atoms with E-state index in [4.69, 9.17) is 9.97 Å². The largest absolute Gasteiger partial charge is 0.335 e. The molecule has 0 atom stereocenters. The van der Waals surface area contributed by atoms with Gasteiger partial charge in [0.05, 0.1) is 28.6 Å². The van der Waals surface area contributed by atoms with Crippen molar-refractivity contribution >= 4 is 33.4 Å². The molecule has 6 aromatic heterocycles. The van der Waals surface area contributed by atoms with Gasteiger partial charge in [-0.25, -0.2) is 9.97 Å². The molecule has 6 aromatic rings. The lowest BCUT2D eigenvalue weighted by molar-refractivity contribution is 1.10. The van der Waals surface area contributed by atoms with Gasteiger partial charge in [-0.05, 0) is 43.3 Å². The molecule has 0 amide bonds. The molecule has 0 aliphatic heterocycles. The number of aromatic amines is 2. The highest BCUT2D eigenvalue weighted by Crippen LogP contribution is 2.34. The molecule has 0 saturated heterocycles. The minimum absolute atomic E-state index is 0.657. The number of pyridine rings is 3. The summed E-state index contributed by atoms with van der Waals surface area (Å²) in [7, 11) is 0. The predicted molar refractivity (Wildman–Crippen MR) is 118 cm³/mol. The Hall–Kier alpha value is -3.91. The second-order valence-electron chi connectivity index (χ2n) is 6.96. The van der Waals surface area contributed by atoms with E-state index in [1.165, 1.54) is 4.88 Å². The standard InChI is InChI=1S/C22H15N7S/c1-12-5-8-18(30-12)13-10-23-11-17-19(13)27-22(26-17)21-20-16(28-29-21)7-6-15(25-20)14-4-2-3-9-24-14/h2-11H,1H3,(H,26,27)(H,28,29). The van der Waals surface area contributed by atoms with Gasteiger partial charge in [-0.15, -0.1) is 11.3 Å². The van der Waals surface area contributed by atoms with Crippen molar-refractivity contribution in [2.75, 3.05) is 0 Å². The van der Waals surface area contributed by atoms with Gasteiger partial charge in [-0.1, -0.05) is 6.07 Å². The SMILES string of the molecule is Cc1ccc(-c2cncc3[nH]c(-c4n[nH]c5ccc(-c6ccccn6)nc45)nc23)s1. The molecule has 0 aliphatic carbocycles. The van der Waals surface area contributed by atoms with Crippen LogP contribution in [0.3, 0.4) is 0 Å². The molecule has 144 valence electrons. The van der Waals surface area contributed by atoms with Gasteiger partial charge in [0.1, 0.15) is 11.0 Å². The number of nitrogens with one attached hydrogen (secondary N) is 2. The summed E-state index contributed by atoms with van der Waals surface area (Å²) >= 11 is 1.73. The van der Waals surface area contributed by atoms with Crippen molar-refractivity contribution in [3.8, 4) is 33.3 Å². The third-order valence-electron chi connectivity index (χ3n) is 4.96. The first kappa shape index (κ1) is 17.0. The first-order valence-corrected chi connectivity index (χ1v) is 10.3. The Bertz CT molecular complexity index is 1510. The lowest BCUT2D eigenvalue weighted by Crippen LogP contribution is -1.88. The van der Waals surface area contributed by atoms with Crippen LogP contribution < -0.4 is 0 Å². The second kappa shape index (κ2) is 6.57. The van der Waals surface area contributed by atoms with Crippen LogP contribution in [0.2, 0.25) is 0 Å². The van der Waals surface area contributed by atoms with Crippen molar-refractivity contribution in [1.29, 1.82) is 0 Å². The molecule has 0 aliphatic rings. The van der Waals surface area contributed by atoms with Gasteiger partial charge in [0, 0.05) is 27.7 Å².